The van der Waals surface area contributed by atoms with Crippen LogP contribution in [0.4, 0.5) is 10.5 Å². The molecule has 8 heteroatoms. The van der Waals surface area contributed by atoms with Gasteiger partial charge in [0.05, 0.1) is 11.0 Å². The lowest BCUT2D eigenvalue weighted by Crippen LogP contribution is -2.33. The number of nitriles is 1. The van der Waals surface area contributed by atoms with Gasteiger partial charge in [-0.25, -0.2) is 4.79 Å². The Morgan fingerprint density at radius 3 is 2.53 bits per heavy atom. The molecule has 1 N–H and O–H groups in total. The number of hydrogen-bond donors (Lipinski definition) is 1. The van der Waals surface area contributed by atoms with E-state index in [1.807, 2.05) is 36.4 Å². The summed E-state index contributed by atoms with van der Waals surface area (Å²) in [6.45, 7) is 0.762. The van der Waals surface area contributed by atoms with Gasteiger partial charge in [-0.1, -0.05) is 36.4 Å². The molecule has 156 valence electrons. The topological polar surface area (TPSA) is 114 Å². The maximum Gasteiger partial charge on any atom is 0.407 e. The van der Waals surface area contributed by atoms with Crippen LogP contribution in [-0.4, -0.2) is 23.7 Å². The minimum Gasteiger partial charge on any atom is -0.489 e. The fourth-order valence-electron chi connectivity index (χ4n) is 3.52. The van der Waals surface area contributed by atoms with Crippen LogP contribution in [0.1, 0.15) is 36.8 Å². The van der Waals surface area contributed by atoms with E-state index in [-0.39, 0.29) is 29.7 Å². The molecular weight excluding hydrogens is 386 g/mol. The molecule has 0 atom stereocenters. The Morgan fingerprint density at radius 1 is 1.13 bits per heavy atom. The van der Waals surface area contributed by atoms with Crippen LogP contribution in [0.2, 0.25) is 0 Å². The molecule has 0 aliphatic heterocycles. The van der Waals surface area contributed by atoms with Crippen molar-refractivity contribution in [2.45, 2.75) is 38.4 Å². The van der Waals surface area contributed by atoms with Crippen LogP contribution in [0.25, 0.3) is 0 Å². The second kappa shape index (κ2) is 10.3. The molecule has 0 saturated heterocycles. The number of alkyl carbamates (subject to hydrolysis) is 1. The monoisotopic (exact) mass is 409 g/mol. The molecule has 3 rings (SSSR count). The van der Waals surface area contributed by atoms with Crippen LogP contribution in [-0.2, 0) is 11.3 Å². The number of benzene rings is 2. The molecule has 0 bridgehead atoms. The number of carbonyl (C=O) groups excluding carboxylic acids is 1. The van der Waals surface area contributed by atoms with E-state index in [9.17, 15) is 20.2 Å². The Bertz CT molecular complexity index is 918. The minimum atomic E-state index is -0.579. The normalized spacial score (nSPS) is 18.1. The van der Waals surface area contributed by atoms with Crippen molar-refractivity contribution in [1.82, 2.24) is 5.32 Å². The van der Waals surface area contributed by atoms with Gasteiger partial charge in [0.2, 0.25) is 0 Å². The third-order valence-electron chi connectivity index (χ3n) is 5.15. The van der Waals surface area contributed by atoms with Gasteiger partial charge in [-0.3, -0.25) is 10.1 Å². The van der Waals surface area contributed by atoms with Crippen molar-refractivity contribution in [3.63, 3.8) is 0 Å². The number of nitro groups is 1. The van der Waals surface area contributed by atoms with Crippen LogP contribution in [0, 0.1) is 27.4 Å². The first-order chi connectivity index (χ1) is 14.6. The highest BCUT2D eigenvalue weighted by Gasteiger charge is 2.25. The Morgan fingerprint density at radius 2 is 1.87 bits per heavy atom. The van der Waals surface area contributed by atoms with Crippen molar-refractivity contribution in [1.29, 1.82) is 5.26 Å². The maximum absolute atomic E-state index is 11.9. The fourth-order valence-corrected chi connectivity index (χ4v) is 3.52. The second-order valence-corrected chi connectivity index (χ2v) is 7.22. The zero-order valence-electron chi connectivity index (χ0n) is 16.5. The lowest BCUT2D eigenvalue weighted by Gasteiger charge is -2.29. The maximum atomic E-state index is 11.9. The minimum absolute atomic E-state index is 0.0487. The molecule has 30 heavy (non-hydrogen) atoms. The largest absolute Gasteiger partial charge is 0.489 e. The number of nitrogens with zero attached hydrogens (tertiary/aromatic N) is 2. The first-order valence-corrected chi connectivity index (χ1v) is 9.85. The Balaban J connectivity index is 1.42. The SMILES string of the molecule is N#Cc1c(OC2CCC(CNC(=O)OCc3ccccc3)CC2)cccc1[N+](=O)[O-]. The summed E-state index contributed by atoms with van der Waals surface area (Å²) >= 11 is 0. The number of amides is 1. The molecule has 0 radical (unpaired) electrons. The van der Waals surface area contributed by atoms with Crippen molar-refractivity contribution in [2.75, 3.05) is 6.54 Å². The molecule has 1 fully saturated rings. The number of ether oxygens (including phenoxy) is 2. The average Bonchev–Trinajstić information content (AvgIpc) is 2.77. The van der Waals surface area contributed by atoms with Gasteiger partial charge < -0.3 is 14.8 Å². The quantitative estimate of drug-likeness (QED) is 0.538. The predicted molar refractivity (Wildman–Crippen MR) is 109 cm³/mol. The zero-order valence-corrected chi connectivity index (χ0v) is 16.5. The third kappa shape index (κ3) is 5.70. The summed E-state index contributed by atoms with van der Waals surface area (Å²) in [6.07, 6.45) is 2.65. The van der Waals surface area contributed by atoms with Crippen molar-refractivity contribution in [3.05, 3.63) is 69.8 Å². The lowest BCUT2D eigenvalue weighted by molar-refractivity contribution is -0.385. The van der Waals surface area contributed by atoms with E-state index in [0.717, 1.165) is 31.2 Å². The summed E-state index contributed by atoms with van der Waals surface area (Å²) in [5, 5.41) is 23.2. The molecule has 2 aromatic rings. The summed E-state index contributed by atoms with van der Waals surface area (Å²) in [4.78, 5) is 22.4. The van der Waals surface area contributed by atoms with E-state index < -0.39 is 11.0 Å². The van der Waals surface area contributed by atoms with Crippen LogP contribution >= 0.6 is 0 Å². The summed E-state index contributed by atoms with van der Waals surface area (Å²) in [6, 6.07) is 15.8. The lowest BCUT2D eigenvalue weighted by atomic mass is 9.87. The molecule has 0 heterocycles. The summed E-state index contributed by atoms with van der Waals surface area (Å²) < 4.78 is 11.1. The van der Waals surface area contributed by atoms with E-state index in [4.69, 9.17) is 9.47 Å². The van der Waals surface area contributed by atoms with Crippen molar-refractivity contribution in [3.8, 4) is 11.8 Å². The smallest absolute Gasteiger partial charge is 0.407 e. The van der Waals surface area contributed by atoms with Crippen LogP contribution < -0.4 is 10.1 Å². The highest BCUT2D eigenvalue weighted by molar-refractivity contribution is 5.67. The van der Waals surface area contributed by atoms with Gasteiger partial charge in [0, 0.05) is 12.6 Å². The average molecular weight is 409 g/mol. The number of hydrogen-bond acceptors (Lipinski definition) is 6. The predicted octanol–water partition coefficient (Wildman–Crippen LogP) is 4.33. The zero-order chi connectivity index (χ0) is 21.3. The van der Waals surface area contributed by atoms with Gasteiger partial charge in [0.15, 0.2) is 5.56 Å². The summed E-state index contributed by atoms with van der Waals surface area (Å²) in [5.74, 6) is 0.562. The summed E-state index contributed by atoms with van der Waals surface area (Å²) in [7, 11) is 0. The fraction of sp³-hybridized carbons (Fsp3) is 0.364. The molecule has 2 aromatic carbocycles. The van der Waals surface area contributed by atoms with E-state index in [2.05, 4.69) is 5.32 Å². The van der Waals surface area contributed by atoms with Gasteiger partial charge in [-0.05, 0) is 43.2 Å². The van der Waals surface area contributed by atoms with Gasteiger partial charge in [0.25, 0.3) is 5.69 Å². The first kappa shape index (κ1) is 21.1. The van der Waals surface area contributed by atoms with E-state index in [1.54, 1.807) is 6.07 Å². The van der Waals surface area contributed by atoms with Crippen LogP contribution in [0.15, 0.2) is 48.5 Å². The van der Waals surface area contributed by atoms with Crippen molar-refractivity contribution < 1.29 is 19.2 Å². The number of carbonyl (C=O) groups is 1. The second-order valence-electron chi connectivity index (χ2n) is 7.22. The van der Waals surface area contributed by atoms with Gasteiger partial charge >= 0.3 is 6.09 Å². The van der Waals surface area contributed by atoms with Crippen LogP contribution in [0.3, 0.4) is 0 Å². The first-order valence-electron chi connectivity index (χ1n) is 9.85. The molecule has 0 unspecified atom stereocenters. The van der Waals surface area contributed by atoms with Crippen molar-refractivity contribution >= 4 is 11.8 Å². The molecule has 0 spiro atoms. The standard InChI is InChI=1S/C22H23N3O5/c23-13-19-20(25(27)28)7-4-8-21(19)30-18-11-9-16(10-12-18)14-24-22(26)29-15-17-5-2-1-3-6-17/h1-8,16,18H,9-12,14-15H2,(H,24,26). The summed E-state index contributed by atoms with van der Waals surface area (Å²) in [5.41, 5.74) is 0.637. The Labute approximate surface area is 174 Å². The molecule has 0 aromatic heterocycles. The molecular formula is C22H23N3O5. The highest BCUT2D eigenvalue weighted by atomic mass is 16.6. The van der Waals surface area contributed by atoms with Gasteiger partial charge in [-0.2, -0.15) is 5.26 Å². The molecule has 1 amide bonds. The number of nitrogens with one attached hydrogen (secondary N) is 1. The van der Waals surface area contributed by atoms with E-state index in [0.29, 0.717) is 12.5 Å². The van der Waals surface area contributed by atoms with E-state index in [1.165, 1.54) is 12.1 Å². The third-order valence-corrected chi connectivity index (χ3v) is 5.15. The molecule has 1 aliphatic rings. The number of nitro benzene ring substituents is 1. The Hall–Kier alpha value is -3.60. The molecule has 8 nitrogen and oxygen atoms in total. The molecule has 1 aliphatic carbocycles. The number of rotatable bonds is 7. The molecule has 1 saturated carbocycles. The van der Waals surface area contributed by atoms with Crippen molar-refractivity contribution in [2.24, 2.45) is 5.92 Å². The van der Waals surface area contributed by atoms with Gasteiger partial charge in [0.1, 0.15) is 18.4 Å². The van der Waals surface area contributed by atoms with Crippen LogP contribution in [0.5, 0.6) is 5.75 Å². The highest BCUT2D eigenvalue weighted by Crippen LogP contribution is 2.32. The van der Waals surface area contributed by atoms with E-state index >= 15 is 0 Å². The van der Waals surface area contributed by atoms with Gasteiger partial charge in [-0.15, -0.1) is 0 Å². The Kier molecular flexibility index (Phi) is 7.22.